The Hall–Kier alpha value is -2.47. The summed E-state index contributed by atoms with van der Waals surface area (Å²) in [5.41, 5.74) is 0.920. The summed E-state index contributed by atoms with van der Waals surface area (Å²) >= 11 is 1.40. The highest BCUT2D eigenvalue weighted by atomic mass is 32.1. The third-order valence-electron chi connectivity index (χ3n) is 3.83. The van der Waals surface area contributed by atoms with Gasteiger partial charge in [-0.1, -0.05) is 12.1 Å². The Bertz CT molecular complexity index is 761. The molecule has 0 N–H and O–H groups in total. The van der Waals surface area contributed by atoms with Gasteiger partial charge >= 0.3 is 5.97 Å². The first kappa shape index (κ1) is 16.4. The second kappa shape index (κ2) is 6.97. The molecule has 3 rings (SSSR count). The summed E-state index contributed by atoms with van der Waals surface area (Å²) in [5, 5.41) is 0. The number of carbonyl (C=O) groups excluding carboxylic acids is 3. The summed E-state index contributed by atoms with van der Waals surface area (Å²) in [4.78, 5) is 39.1. The van der Waals surface area contributed by atoms with Gasteiger partial charge in [0.15, 0.2) is 0 Å². The molecule has 0 saturated heterocycles. The van der Waals surface area contributed by atoms with E-state index in [-0.39, 0.29) is 24.4 Å². The summed E-state index contributed by atoms with van der Waals surface area (Å²) < 4.78 is 5.20. The number of esters is 1. The van der Waals surface area contributed by atoms with Gasteiger partial charge in [-0.15, -0.1) is 11.3 Å². The monoisotopic (exact) mass is 343 g/mol. The number of ether oxygens (including phenoxy) is 1. The maximum absolute atomic E-state index is 12.2. The minimum atomic E-state index is -0.325. The number of imide groups is 1. The van der Waals surface area contributed by atoms with Crippen molar-refractivity contribution in [3.63, 3.8) is 0 Å². The molecule has 1 aliphatic heterocycles. The van der Waals surface area contributed by atoms with E-state index >= 15 is 0 Å². The average Bonchev–Trinajstić information content (AvgIpc) is 3.12. The fourth-order valence-corrected chi connectivity index (χ4v) is 3.36. The highest BCUT2D eigenvalue weighted by Crippen LogP contribution is 2.22. The number of carbonyl (C=O) groups is 3. The number of hydrogen-bond donors (Lipinski definition) is 0. The van der Waals surface area contributed by atoms with Crippen LogP contribution in [0.3, 0.4) is 0 Å². The molecule has 0 radical (unpaired) electrons. The number of nitrogens with zero attached hydrogens (tertiary/aromatic N) is 1. The Kier molecular flexibility index (Phi) is 4.76. The fourth-order valence-electron chi connectivity index (χ4n) is 2.59. The van der Waals surface area contributed by atoms with Crippen LogP contribution in [0.5, 0.6) is 0 Å². The van der Waals surface area contributed by atoms with E-state index in [1.807, 2.05) is 13.0 Å². The lowest BCUT2D eigenvalue weighted by Crippen LogP contribution is -2.30. The van der Waals surface area contributed by atoms with E-state index in [0.29, 0.717) is 35.4 Å². The molecule has 1 aromatic heterocycles. The zero-order valence-electron chi connectivity index (χ0n) is 13.3. The average molecular weight is 343 g/mol. The van der Waals surface area contributed by atoms with Gasteiger partial charge < -0.3 is 4.74 Å². The number of unbranched alkanes of at least 4 members (excludes halogenated alkanes) is 1. The zero-order chi connectivity index (χ0) is 17.1. The van der Waals surface area contributed by atoms with Gasteiger partial charge in [0.1, 0.15) is 4.88 Å². The third-order valence-corrected chi connectivity index (χ3v) is 4.81. The van der Waals surface area contributed by atoms with Crippen LogP contribution < -0.4 is 0 Å². The lowest BCUT2D eigenvalue weighted by atomic mass is 10.1. The van der Waals surface area contributed by atoms with Crippen LogP contribution in [-0.4, -0.2) is 35.8 Å². The molecule has 6 heteroatoms. The van der Waals surface area contributed by atoms with Gasteiger partial charge in [-0.2, -0.15) is 0 Å². The van der Waals surface area contributed by atoms with Crippen LogP contribution in [0.25, 0.3) is 0 Å². The number of amides is 2. The van der Waals surface area contributed by atoms with Crippen molar-refractivity contribution >= 4 is 29.1 Å². The largest absolute Gasteiger partial charge is 0.462 e. The molecule has 2 aromatic rings. The van der Waals surface area contributed by atoms with E-state index in [0.717, 1.165) is 4.88 Å². The van der Waals surface area contributed by atoms with Crippen molar-refractivity contribution in [2.75, 3.05) is 13.2 Å². The van der Waals surface area contributed by atoms with Crippen LogP contribution >= 0.6 is 11.3 Å². The van der Waals surface area contributed by atoms with Gasteiger partial charge in [0.25, 0.3) is 11.8 Å². The predicted octanol–water partition coefficient (Wildman–Crippen LogP) is 3.29. The number of thiophene rings is 1. The van der Waals surface area contributed by atoms with Crippen molar-refractivity contribution < 1.29 is 19.1 Å². The number of benzene rings is 1. The Morgan fingerprint density at radius 3 is 2.29 bits per heavy atom. The van der Waals surface area contributed by atoms with E-state index in [4.69, 9.17) is 4.74 Å². The van der Waals surface area contributed by atoms with Crippen LogP contribution in [0, 0.1) is 6.92 Å². The molecule has 2 heterocycles. The molecular formula is C18H17NO4S. The van der Waals surface area contributed by atoms with Crippen molar-refractivity contribution in [3.8, 4) is 0 Å². The fraction of sp³-hybridized carbons (Fsp3) is 0.278. The smallest absolute Gasteiger partial charge is 0.348 e. The van der Waals surface area contributed by atoms with Gasteiger partial charge in [0.2, 0.25) is 0 Å². The van der Waals surface area contributed by atoms with Crippen molar-refractivity contribution in [2.45, 2.75) is 19.8 Å². The van der Waals surface area contributed by atoms with E-state index in [9.17, 15) is 14.4 Å². The summed E-state index contributed by atoms with van der Waals surface area (Å²) in [6, 6.07) is 10.5. The molecule has 5 nitrogen and oxygen atoms in total. The Morgan fingerprint density at radius 1 is 1.04 bits per heavy atom. The van der Waals surface area contributed by atoms with E-state index in [2.05, 4.69) is 0 Å². The molecule has 2 amide bonds. The molecule has 0 saturated carbocycles. The molecule has 1 aromatic carbocycles. The molecule has 0 unspecified atom stereocenters. The van der Waals surface area contributed by atoms with Crippen molar-refractivity contribution in [1.82, 2.24) is 4.90 Å². The van der Waals surface area contributed by atoms with Crippen LogP contribution in [0.1, 0.15) is 48.1 Å². The molecule has 1 aliphatic rings. The SMILES string of the molecule is Cc1ccc(C(=O)OCCCCN2C(=O)c3ccccc3C2=O)s1. The molecule has 124 valence electrons. The Labute approximate surface area is 143 Å². The topological polar surface area (TPSA) is 63.7 Å². The van der Waals surface area contributed by atoms with E-state index in [1.54, 1.807) is 30.3 Å². The minimum absolute atomic E-state index is 0.248. The van der Waals surface area contributed by atoms with Gasteiger partial charge in [-0.05, 0) is 44.0 Å². The van der Waals surface area contributed by atoms with Gasteiger partial charge in [-0.3, -0.25) is 14.5 Å². The molecule has 24 heavy (non-hydrogen) atoms. The zero-order valence-corrected chi connectivity index (χ0v) is 14.1. The first-order chi connectivity index (χ1) is 11.6. The lowest BCUT2D eigenvalue weighted by Gasteiger charge is -2.13. The highest BCUT2D eigenvalue weighted by molar-refractivity contribution is 7.13. The van der Waals surface area contributed by atoms with Gasteiger partial charge in [-0.25, -0.2) is 4.79 Å². The number of fused-ring (bicyclic) bond motifs is 1. The standard InChI is InChI=1S/C18H17NO4S/c1-12-8-9-15(24-12)18(22)23-11-5-4-10-19-16(20)13-6-2-3-7-14(13)17(19)21/h2-3,6-9H,4-5,10-11H2,1H3. The Balaban J connectivity index is 1.44. The van der Waals surface area contributed by atoms with Crippen LogP contribution in [0.4, 0.5) is 0 Å². The Morgan fingerprint density at radius 2 is 1.71 bits per heavy atom. The van der Waals surface area contributed by atoms with E-state index in [1.165, 1.54) is 16.2 Å². The van der Waals surface area contributed by atoms with Crippen molar-refractivity contribution in [1.29, 1.82) is 0 Å². The second-order valence-electron chi connectivity index (χ2n) is 5.56. The van der Waals surface area contributed by atoms with Crippen LogP contribution in [0.2, 0.25) is 0 Å². The maximum atomic E-state index is 12.2. The van der Waals surface area contributed by atoms with Gasteiger partial charge in [0.05, 0.1) is 17.7 Å². The maximum Gasteiger partial charge on any atom is 0.348 e. The van der Waals surface area contributed by atoms with E-state index < -0.39 is 0 Å². The summed E-state index contributed by atoms with van der Waals surface area (Å²) in [5.74, 6) is -0.822. The summed E-state index contributed by atoms with van der Waals surface area (Å²) in [7, 11) is 0. The van der Waals surface area contributed by atoms with Crippen LogP contribution in [-0.2, 0) is 4.74 Å². The molecule has 0 spiro atoms. The summed E-state index contributed by atoms with van der Waals surface area (Å²) in [6.45, 7) is 2.55. The number of rotatable bonds is 6. The molecule has 0 bridgehead atoms. The lowest BCUT2D eigenvalue weighted by molar-refractivity contribution is 0.0491. The van der Waals surface area contributed by atoms with Crippen molar-refractivity contribution in [3.05, 3.63) is 57.3 Å². The predicted molar refractivity (Wildman–Crippen MR) is 90.4 cm³/mol. The quantitative estimate of drug-likeness (QED) is 0.459. The highest BCUT2D eigenvalue weighted by Gasteiger charge is 2.34. The molecular weight excluding hydrogens is 326 g/mol. The van der Waals surface area contributed by atoms with Crippen LogP contribution in [0.15, 0.2) is 36.4 Å². The third kappa shape index (κ3) is 3.23. The first-order valence-electron chi connectivity index (χ1n) is 7.76. The number of aryl methyl sites for hydroxylation is 1. The normalized spacial score (nSPS) is 13.3. The molecule has 0 fully saturated rings. The molecule has 0 aliphatic carbocycles. The van der Waals surface area contributed by atoms with Gasteiger partial charge in [0, 0.05) is 11.4 Å². The second-order valence-corrected chi connectivity index (χ2v) is 6.85. The molecule has 0 atom stereocenters. The minimum Gasteiger partial charge on any atom is -0.462 e. The number of hydrogen-bond acceptors (Lipinski definition) is 5. The summed E-state index contributed by atoms with van der Waals surface area (Å²) in [6.07, 6.45) is 1.20. The first-order valence-corrected chi connectivity index (χ1v) is 8.58. The van der Waals surface area contributed by atoms with Crippen molar-refractivity contribution in [2.24, 2.45) is 0 Å².